The van der Waals surface area contributed by atoms with Crippen LogP contribution in [0.1, 0.15) is 0 Å². The molecule has 0 aromatic heterocycles. The molecule has 0 amide bonds. The maximum atomic E-state index is 12.2. The van der Waals surface area contributed by atoms with E-state index in [0.29, 0.717) is 0 Å². The smallest absolute Gasteiger partial charge is 0.299 e. The van der Waals surface area contributed by atoms with Crippen LogP contribution in [0.3, 0.4) is 0 Å². The Morgan fingerprint density at radius 2 is 1.12 bits per heavy atom. The summed E-state index contributed by atoms with van der Waals surface area (Å²) in [5.41, 5.74) is 0. The van der Waals surface area contributed by atoms with Gasteiger partial charge in [-0.1, -0.05) is 0 Å². The fourth-order valence-electron chi connectivity index (χ4n) is 0.462. The second kappa shape index (κ2) is 4.84. The summed E-state index contributed by atoms with van der Waals surface area (Å²) in [6.45, 7) is 0. The number of hydrogen-bond donors (Lipinski definition) is 0. The van der Waals surface area contributed by atoms with Gasteiger partial charge in [0.15, 0.2) is 0 Å². The largest absolute Gasteiger partial charge is 0.527 e. The molecule has 0 aliphatic rings. The van der Waals surface area contributed by atoms with Crippen LogP contribution in [0, 0.1) is 0 Å². The van der Waals surface area contributed by atoms with Gasteiger partial charge in [0.25, 0.3) is 12.7 Å². The number of alkyl halides is 10. The minimum Gasteiger partial charge on any atom is -0.299 e. The molecule has 0 radical (unpaired) electrons. The van der Waals surface area contributed by atoms with Gasteiger partial charge in [-0.15, -0.1) is 13.2 Å². The molecule has 0 rings (SSSR count). The summed E-state index contributed by atoms with van der Waals surface area (Å²) in [6, 6.07) is 0. The summed E-state index contributed by atoms with van der Waals surface area (Å²) in [4.78, 5) is 0. The highest BCUT2D eigenvalue weighted by Gasteiger charge is 2.55. The SMILES string of the molecule is FC(OC(F)C(F)(F)OC(F)(F)F)C(F)(F)F. The van der Waals surface area contributed by atoms with E-state index in [2.05, 4.69) is 4.74 Å². The topological polar surface area (TPSA) is 18.5 Å². The molecule has 17 heavy (non-hydrogen) atoms. The van der Waals surface area contributed by atoms with E-state index in [-0.39, 0.29) is 0 Å². The third-order valence-electron chi connectivity index (χ3n) is 1.01. The molecule has 0 aromatic carbocycles. The lowest BCUT2D eigenvalue weighted by atomic mass is 10.6. The van der Waals surface area contributed by atoms with Crippen LogP contribution in [0.5, 0.6) is 0 Å². The first-order valence-electron chi connectivity index (χ1n) is 3.41. The molecule has 2 unspecified atom stereocenters. The Morgan fingerprint density at radius 1 is 0.706 bits per heavy atom. The highest BCUT2D eigenvalue weighted by Crippen LogP contribution is 2.35. The van der Waals surface area contributed by atoms with Gasteiger partial charge in [-0.05, 0) is 0 Å². The molecule has 12 heteroatoms. The Kier molecular flexibility index (Phi) is 4.62. The standard InChI is InChI=1S/C5H2F10O2/c6-1(3(8,9)10)16-2(7)4(11,12)17-5(13,14)15/h1-2H. The first-order valence-corrected chi connectivity index (χ1v) is 3.41. The van der Waals surface area contributed by atoms with E-state index >= 15 is 0 Å². The summed E-state index contributed by atoms with van der Waals surface area (Å²) in [7, 11) is 0. The van der Waals surface area contributed by atoms with Crippen molar-refractivity contribution < 1.29 is 53.4 Å². The molecule has 0 saturated carbocycles. The average molecular weight is 284 g/mol. The molecule has 0 heterocycles. The van der Waals surface area contributed by atoms with E-state index in [9.17, 15) is 43.9 Å². The molecule has 0 aliphatic carbocycles. The molecule has 0 aliphatic heterocycles. The van der Waals surface area contributed by atoms with Gasteiger partial charge in [-0.25, -0.2) is 13.5 Å². The van der Waals surface area contributed by atoms with Crippen molar-refractivity contribution in [3.63, 3.8) is 0 Å². The minimum atomic E-state index is -6.04. The summed E-state index contributed by atoms with van der Waals surface area (Å²) in [5.74, 6) is 0. The molecular formula is C5H2F10O2. The van der Waals surface area contributed by atoms with Gasteiger partial charge in [-0.3, -0.25) is 4.74 Å². The van der Waals surface area contributed by atoms with E-state index in [1.807, 2.05) is 4.74 Å². The Hall–Kier alpha value is -0.780. The molecular weight excluding hydrogens is 282 g/mol. The van der Waals surface area contributed by atoms with E-state index in [0.717, 1.165) is 0 Å². The number of ether oxygens (including phenoxy) is 2. The van der Waals surface area contributed by atoms with Gasteiger partial charge in [0, 0.05) is 0 Å². The number of rotatable bonds is 4. The highest BCUT2D eigenvalue weighted by molar-refractivity contribution is 4.62. The van der Waals surface area contributed by atoms with Crippen LogP contribution < -0.4 is 0 Å². The van der Waals surface area contributed by atoms with E-state index < -0.39 is 31.4 Å². The molecule has 0 N–H and O–H groups in total. The lowest BCUT2D eigenvalue weighted by Gasteiger charge is -2.23. The molecule has 0 aromatic rings. The van der Waals surface area contributed by atoms with Crippen LogP contribution >= 0.6 is 0 Å². The molecule has 0 fully saturated rings. The first kappa shape index (κ1) is 16.2. The van der Waals surface area contributed by atoms with Crippen molar-refractivity contribution >= 4 is 0 Å². The van der Waals surface area contributed by atoms with Crippen molar-refractivity contribution in [1.82, 2.24) is 0 Å². The van der Waals surface area contributed by atoms with Crippen LogP contribution in [0.4, 0.5) is 43.9 Å². The third-order valence-corrected chi connectivity index (χ3v) is 1.01. The molecule has 104 valence electrons. The van der Waals surface area contributed by atoms with Gasteiger partial charge >= 0.3 is 18.6 Å². The van der Waals surface area contributed by atoms with Gasteiger partial charge in [0.1, 0.15) is 0 Å². The summed E-state index contributed by atoms with van der Waals surface area (Å²) in [5, 5.41) is 0. The lowest BCUT2D eigenvalue weighted by molar-refractivity contribution is -0.465. The lowest BCUT2D eigenvalue weighted by Crippen LogP contribution is -2.43. The monoisotopic (exact) mass is 284 g/mol. The Morgan fingerprint density at radius 3 is 1.41 bits per heavy atom. The normalized spacial score (nSPS) is 18.0. The van der Waals surface area contributed by atoms with Crippen LogP contribution in [-0.4, -0.2) is 31.4 Å². The predicted molar refractivity (Wildman–Crippen MR) is 29.0 cm³/mol. The van der Waals surface area contributed by atoms with E-state index in [4.69, 9.17) is 0 Å². The van der Waals surface area contributed by atoms with Gasteiger partial charge < -0.3 is 0 Å². The maximum absolute atomic E-state index is 12.2. The maximum Gasteiger partial charge on any atom is 0.527 e. The Bertz CT molecular complexity index is 244. The van der Waals surface area contributed by atoms with Crippen LogP contribution in [0.2, 0.25) is 0 Å². The van der Waals surface area contributed by atoms with Crippen molar-refractivity contribution in [1.29, 1.82) is 0 Å². The van der Waals surface area contributed by atoms with Crippen LogP contribution in [0.15, 0.2) is 0 Å². The molecule has 2 atom stereocenters. The Balaban J connectivity index is 4.54. The molecule has 0 saturated heterocycles. The number of hydrogen-bond acceptors (Lipinski definition) is 2. The molecule has 2 nitrogen and oxygen atoms in total. The fraction of sp³-hybridized carbons (Fsp3) is 1.00. The average Bonchev–Trinajstić information content (AvgIpc) is 1.96. The zero-order valence-corrected chi connectivity index (χ0v) is 7.25. The second-order valence-electron chi connectivity index (χ2n) is 2.42. The zero-order chi connectivity index (χ0) is 14.1. The summed E-state index contributed by atoms with van der Waals surface area (Å²) in [6.07, 6.45) is -26.8. The second-order valence-corrected chi connectivity index (χ2v) is 2.42. The van der Waals surface area contributed by atoms with Crippen molar-refractivity contribution in [3.05, 3.63) is 0 Å². The van der Waals surface area contributed by atoms with Crippen LogP contribution in [0.25, 0.3) is 0 Å². The third kappa shape index (κ3) is 5.91. The van der Waals surface area contributed by atoms with Crippen molar-refractivity contribution in [2.45, 2.75) is 31.4 Å². The quantitative estimate of drug-likeness (QED) is 0.737. The fourth-order valence-corrected chi connectivity index (χ4v) is 0.462. The van der Waals surface area contributed by atoms with Gasteiger partial charge in [0.05, 0.1) is 0 Å². The van der Waals surface area contributed by atoms with Crippen molar-refractivity contribution in [3.8, 4) is 0 Å². The summed E-state index contributed by atoms with van der Waals surface area (Å²) >= 11 is 0. The molecule has 0 bridgehead atoms. The highest BCUT2D eigenvalue weighted by atomic mass is 19.4. The van der Waals surface area contributed by atoms with Crippen LogP contribution in [-0.2, 0) is 9.47 Å². The zero-order valence-electron chi connectivity index (χ0n) is 7.25. The van der Waals surface area contributed by atoms with Gasteiger partial charge in [-0.2, -0.15) is 22.0 Å². The van der Waals surface area contributed by atoms with E-state index in [1.54, 1.807) is 0 Å². The molecule has 0 spiro atoms. The predicted octanol–water partition coefficient (Wildman–Crippen LogP) is 3.29. The van der Waals surface area contributed by atoms with E-state index in [1.165, 1.54) is 0 Å². The van der Waals surface area contributed by atoms with Crippen molar-refractivity contribution in [2.75, 3.05) is 0 Å². The van der Waals surface area contributed by atoms with Crippen molar-refractivity contribution in [2.24, 2.45) is 0 Å². The first-order chi connectivity index (χ1) is 7.26. The summed E-state index contributed by atoms with van der Waals surface area (Å²) < 4.78 is 120. The minimum absolute atomic E-state index is 1.83. The number of halogens is 10. The van der Waals surface area contributed by atoms with Gasteiger partial charge in [0.2, 0.25) is 0 Å². The Labute approximate surface area is 86.1 Å².